The second-order valence-corrected chi connectivity index (χ2v) is 5.73. The van der Waals surface area contributed by atoms with Gasteiger partial charge in [-0.15, -0.1) is 0 Å². The van der Waals surface area contributed by atoms with Crippen molar-refractivity contribution in [2.75, 3.05) is 47.4 Å². The summed E-state index contributed by atoms with van der Waals surface area (Å²) in [5, 5.41) is 6.10. The molecular formula is C12H27N3O5S. The molecule has 0 aliphatic rings. The zero-order valence-corrected chi connectivity index (χ0v) is 14.0. The topological polar surface area (TPSA) is 108 Å². The normalized spacial score (nSPS) is 10.8. The summed E-state index contributed by atoms with van der Waals surface area (Å²) in [5.41, 5.74) is 0.565. The zero-order valence-electron chi connectivity index (χ0n) is 13.2. The van der Waals surface area contributed by atoms with Gasteiger partial charge in [-0.05, 0) is 34.0 Å². The third kappa shape index (κ3) is 21.4. The van der Waals surface area contributed by atoms with Crippen molar-refractivity contribution in [2.24, 2.45) is 0 Å². The summed E-state index contributed by atoms with van der Waals surface area (Å²) in [6, 6.07) is 0. The first kappa shape index (κ1) is 22.3. The Kier molecular flexibility index (Phi) is 13.5. The summed E-state index contributed by atoms with van der Waals surface area (Å²) in [6.45, 7) is 8.95. The van der Waals surface area contributed by atoms with E-state index in [2.05, 4.69) is 40.4 Å². The molecule has 0 aromatic rings. The minimum atomic E-state index is -4.16. The Bertz CT molecular complexity index is 396. The number of rotatable bonds is 9. The molecule has 8 nitrogen and oxygen atoms in total. The van der Waals surface area contributed by atoms with Crippen molar-refractivity contribution >= 4 is 16.3 Å². The number of carbonyl (C=O) groups excluding carboxylic acids is 1. The predicted molar refractivity (Wildman–Crippen MR) is 82.4 cm³/mol. The fourth-order valence-electron chi connectivity index (χ4n) is 0.994. The largest absolute Gasteiger partial charge is 0.397 e. The van der Waals surface area contributed by atoms with Crippen LogP contribution >= 0.6 is 0 Å². The van der Waals surface area contributed by atoms with Crippen molar-refractivity contribution in [2.45, 2.75) is 13.3 Å². The molecule has 126 valence electrons. The molecule has 1 amide bonds. The Balaban J connectivity index is 0. The van der Waals surface area contributed by atoms with Crippen LogP contribution in [0.1, 0.15) is 13.3 Å². The van der Waals surface area contributed by atoms with Gasteiger partial charge < -0.3 is 15.5 Å². The molecule has 0 saturated heterocycles. The molecule has 0 aliphatic heterocycles. The zero-order chi connectivity index (χ0) is 16.9. The molecule has 0 radical (unpaired) electrons. The fraction of sp³-hybridized carbons (Fsp3) is 0.750. The summed E-state index contributed by atoms with van der Waals surface area (Å²) in [6.07, 6.45) is 0.951. The lowest BCUT2D eigenvalue weighted by Crippen LogP contribution is -2.30. The Morgan fingerprint density at radius 2 is 1.81 bits per heavy atom. The number of nitrogens with zero attached hydrogens (tertiary/aromatic N) is 1. The van der Waals surface area contributed by atoms with Gasteiger partial charge in [-0.2, -0.15) is 8.42 Å². The maximum atomic E-state index is 11.1. The van der Waals surface area contributed by atoms with Crippen molar-refractivity contribution in [1.82, 2.24) is 15.5 Å². The molecule has 0 spiro atoms. The van der Waals surface area contributed by atoms with Gasteiger partial charge in [-0.1, -0.05) is 6.58 Å². The maximum Gasteiger partial charge on any atom is 0.397 e. The Morgan fingerprint density at radius 1 is 1.29 bits per heavy atom. The lowest BCUT2D eigenvalue weighted by molar-refractivity contribution is -0.117. The molecule has 0 heterocycles. The maximum absolute atomic E-state index is 11.1. The van der Waals surface area contributed by atoms with Crippen molar-refractivity contribution in [3.05, 3.63) is 12.2 Å². The first-order valence-electron chi connectivity index (χ1n) is 6.42. The summed E-state index contributed by atoms with van der Waals surface area (Å²) in [4.78, 5) is 13.2. The summed E-state index contributed by atoms with van der Waals surface area (Å²) < 4.78 is 29.7. The van der Waals surface area contributed by atoms with Crippen LogP contribution in [0, 0.1) is 0 Å². The summed E-state index contributed by atoms with van der Waals surface area (Å²) in [7, 11) is 0.809. The van der Waals surface area contributed by atoms with E-state index in [0.29, 0.717) is 12.1 Å². The highest BCUT2D eigenvalue weighted by Gasteiger charge is 1.98. The SMILES string of the molecule is C=C(C)C(=O)NCCCNCCN(C)C.COS(=O)(=O)O. The molecule has 0 atom stereocenters. The number of hydrogen-bond donors (Lipinski definition) is 3. The highest BCUT2D eigenvalue weighted by Crippen LogP contribution is 1.85. The van der Waals surface area contributed by atoms with Crippen LogP contribution in [0.3, 0.4) is 0 Å². The Hall–Kier alpha value is -1.00. The minimum absolute atomic E-state index is 0.0525. The second kappa shape index (κ2) is 12.7. The van der Waals surface area contributed by atoms with Crippen LogP contribution in [-0.4, -0.2) is 71.2 Å². The molecule has 0 saturated carbocycles. The second-order valence-electron chi connectivity index (χ2n) is 4.54. The molecule has 3 N–H and O–H groups in total. The molecule has 21 heavy (non-hydrogen) atoms. The predicted octanol–water partition coefficient (Wildman–Crippen LogP) is -0.344. The van der Waals surface area contributed by atoms with Crippen molar-refractivity contribution in [3.63, 3.8) is 0 Å². The Morgan fingerprint density at radius 3 is 2.19 bits per heavy atom. The highest BCUT2D eigenvalue weighted by molar-refractivity contribution is 7.80. The van der Waals surface area contributed by atoms with Gasteiger partial charge in [-0.3, -0.25) is 13.5 Å². The monoisotopic (exact) mass is 325 g/mol. The standard InChI is InChI=1S/C11H23N3O.CH4O4S/c1-10(2)11(15)13-7-5-6-12-8-9-14(3)4;1-5-6(2,3)4/h12H,1,5-9H2,2-4H3,(H,13,15);1H3,(H,2,3,4). The Labute approximate surface area is 127 Å². The van der Waals surface area contributed by atoms with E-state index in [0.717, 1.165) is 33.2 Å². The molecule has 0 fully saturated rings. The van der Waals surface area contributed by atoms with E-state index in [9.17, 15) is 13.2 Å². The average Bonchev–Trinajstić information content (AvgIpc) is 2.36. The van der Waals surface area contributed by atoms with Crippen molar-refractivity contribution in [1.29, 1.82) is 0 Å². The smallest absolute Gasteiger partial charge is 0.352 e. The van der Waals surface area contributed by atoms with E-state index in [-0.39, 0.29) is 5.91 Å². The molecule has 9 heteroatoms. The van der Waals surface area contributed by atoms with Gasteiger partial charge in [0.1, 0.15) is 0 Å². The van der Waals surface area contributed by atoms with Crippen molar-refractivity contribution in [3.8, 4) is 0 Å². The minimum Gasteiger partial charge on any atom is -0.352 e. The molecule has 0 aromatic carbocycles. The molecule has 0 aliphatic carbocycles. The third-order valence-corrected chi connectivity index (χ3v) is 2.57. The van der Waals surface area contributed by atoms with Crippen LogP contribution < -0.4 is 10.6 Å². The molecule has 0 rings (SSSR count). The van der Waals surface area contributed by atoms with Crippen LogP contribution in [0.5, 0.6) is 0 Å². The number of likely N-dealkylation sites (N-methyl/N-ethyl adjacent to an activating group) is 1. The highest BCUT2D eigenvalue weighted by atomic mass is 32.3. The third-order valence-electron chi connectivity index (χ3n) is 2.15. The average molecular weight is 325 g/mol. The van der Waals surface area contributed by atoms with Crippen LogP contribution in [-0.2, 0) is 19.4 Å². The lowest BCUT2D eigenvalue weighted by Gasteiger charge is -2.10. The van der Waals surface area contributed by atoms with Crippen molar-refractivity contribution < 1.29 is 21.9 Å². The van der Waals surface area contributed by atoms with Gasteiger partial charge in [0.25, 0.3) is 0 Å². The quantitative estimate of drug-likeness (QED) is 0.302. The lowest BCUT2D eigenvalue weighted by atomic mass is 10.3. The van der Waals surface area contributed by atoms with Crippen LogP contribution in [0.25, 0.3) is 0 Å². The first-order chi connectivity index (χ1) is 9.60. The number of carbonyl (C=O) groups is 1. The molecule has 0 bridgehead atoms. The van der Waals surface area contributed by atoms with E-state index in [1.54, 1.807) is 6.92 Å². The van der Waals surface area contributed by atoms with Gasteiger partial charge in [-0.25, -0.2) is 0 Å². The first-order valence-corrected chi connectivity index (χ1v) is 7.78. The van der Waals surface area contributed by atoms with Gasteiger partial charge in [0.2, 0.25) is 5.91 Å². The van der Waals surface area contributed by atoms with Gasteiger partial charge >= 0.3 is 10.4 Å². The van der Waals surface area contributed by atoms with Gasteiger partial charge in [0.15, 0.2) is 0 Å². The van der Waals surface area contributed by atoms with E-state index in [1.807, 2.05) is 0 Å². The number of amides is 1. The van der Waals surface area contributed by atoms with E-state index in [1.165, 1.54) is 0 Å². The summed E-state index contributed by atoms with van der Waals surface area (Å²) >= 11 is 0. The molecular weight excluding hydrogens is 298 g/mol. The van der Waals surface area contributed by atoms with E-state index >= 15 is 0 Å². The number of nitrogens with one attached hydrogen (secondary N) is 2. The van der Waals surface area contributed by atoms with Crippen LogP contribution in [0.4, 0.5) is 0 Å². The van der Waals surface area contributed by atoms with E-state index < -0.39 is 10.4 Å². The fourth-order valence-corrected chi connectivity index (χ4v) is 0.994. The summed E-state index contributed by atoms with van der Waals surface area (Å²) in [5.74, 6) is -0.0525. The number of hydrogen-bond acceptors (Lipinski definition) is 6. The molecule has 0 unspecified atom stereocenters. The molecule has 0 aromatic heterocycles. The van der Waals surface area contributed by atoms with Crippen LogP contribution in [0.15, 0.2) is 12.2 Å². The van der Waals surface area contributed by atoms with E-state index in [4.69, 9.17) is 4.55 Å². The van der Waals surface area contributed by atoms with Crippen LogP contribution in [0.2, 0.25) is 0 Å². The van der Waals surface area contributed by atoms with Gasteiger partial charge in [0.05, 0.1) is 7.11 Å². The van der Waals surface area contributed by atoms with Gasteiger partial charge in [0, 0.05) is 25.2 Å².